The normalized spacial score (nSPS) is 31.7. The van der Waals surface area contributed by atoms with Crippen molar-refractivity contribution < 1.29 is 8.42 Å². The molecule has 1 unspecified atom stereocenters. The summed E-state index contributed by atoms with van der Waals surface area (Å²) in [6.45, 7) is 2.31. The third-order valence-corrected chi connectivity index (χ3v) is 6.84. The molecule has 6 heteroatoms. The van der Waals surface area contributed by atoms with E-state index in [-0.39, 0.29) is 11.6 Å². The Labute approximate surface area is 122 Å². The molecule has 1 spiro atoms. The molecule has 3 aliphatic rings. The summed E-state index contributed by atoms with van der Waals surface area (Å²) in [6, 6.07) is 0.111. The summed E-state index contributed by atoms with van der Waals surface area (Å²) in [5.74, 6) is 0. The highest BCUT2D eigenvalue weighted by Crippen LogP contribution is 2.34. The molecule has 0 amide bonds. The first kappa shape index (κ1) is 14.8. The molecule has 1 aliphatic carbocycles. The van der Waals surface area contributed by atoms with Gasteiger partial charge in [0.1, 0.15) is 0 Å². The van der Waals surface area contributed by atoms with Gasteiger partial charge in [0.2, 0.25) is 0 Å². The Balaban J connectivity index is 1.62. The number of hydrogen-bond donors (Lipinski definition) is 2. The van der Waals surface area contributed by atoms with Crippen LogP contribution >= 0.6 is 0 Å². The Hall–Kier alpha value is -0.170. The average molecular weight is 301 g/mol. The largest absolute Gasteiger partial charge is 0.311 e. The second kappa shape index (κ2) is 5.91. The minimum Gasteiger partial charge on any atom is -0.311 e. The van der Waals surface area contributed by atoms with Crippen LogP contribution in [-0.4, -0.2) is 43.9 Å². The molecule has 2 aliphatic heterocycles. The highest BCUT2D eigenvalue weighted by molar-refractivity contribution is 7.87. The van der Waals surface area contributed by atoms with Crippen LogP contribution in [0.5, 0.6) is 0 Å². The van der Waals surface area contributed by atoms with Crippen molar-refractivity contribution in [2.24, 2.45) is 0 Å². The Bertz CT molecular complexity index is 420. The van der Waals surface area contributed by atoms with E-state index in [4.69, 9.17) is 0 Å². The van der Waals surface area contributed by atoms with E-state index in [1.165, 1.54) is 32.1 Å². The average Bonchev–Trinajstić information content (AvgIpc) is 2.94. The zero-order valence-corrected chi connectivity index (χ0v) is 13.1. The lowest BCUT2D eigenvalue weighted by Crippen LogP contribution is -2.58. The summed E-state index contributed by atoms with van der Waals surface area (Å²) < 4.78 is 29.3. The van der Waals surface area contributed by atoms with Gasteiger partial charge in [0, 0.05) is 24.7 Å². The van der Waals surface area contributed by atoms with Crippen molar-refractivity contribution in [3.8, 4) is 0 Å². The Morgan fingerprint density at radius 2 is 1.75 bits per heavy atom. The molecule has 116 valence electrons. The topological polar surface area (TPSA) is 61.4 Å². The molecule has 3 rings (SSSR count). The van der Waals surface area contributed by atoms with Crippen LogP contribution in [0.25, 0.3) is 0 Å². The molecule has 2 N–H and O–H groups in total. The summed E-state index contributed by atoms with van der Waals surface area (Å²) in [6.07, 6.45) is 10.2. The van der Waals surface area contributed by atoms with Crippen LogP contribution in [0.1, 0.15) is 57.8 Å². The van der Waals surface area contributed by atoms with Crippen molar-refractivity contribution in [3.63, 3.8) is 0 Å². The second-order valence-corrected chi connectivity index (χ2v) is 8.39. The Morgan fingerprint density at radius 3 is 2.45 bits per heavy atom. The monoisotopic (exact) mass is 301 g/mol. The molecule has 2 heterocycles. The smallest absolute Gasteiger partial charge is 0.279 e. The Morgan fingerprint density at radius 1 is 1.05 bits per heavy atom. The van der Waals surface area contributed by atoms with Gasteiger partial charge in [0.05, 0.1) is 0 Å². The van der Waals surface area contributed by atoms with Crippen LogP contribution in [0.2, 0.25) is 0 Å². The number of rotatable bonds is 3. The molecule has 0 bridgehead atoms. The molecule has 3 fully saturated rings. The fourth-order valence-electron chi connectivity index (χ4n) is 4.08. The van der Waals surface area contributed by atoms with E-state index in [2.05, 4.69) is 10.0 Å². The molecule has 2 saturated heterocycles. The third kappa shape index (κ3) is 3.18. The lowest BCUT2D eigenvalue weighted by Gasteiger charge is -2.44. The van der Waals surface area contributed by atoms with Crippen molar-refractivity contribution in [2.75, 3.05) is 19.6 Å². The van der Waals surface area contributed by atoms with Crippen LogP contribution in [0.15, 0.2) is 0 Å². The zero-order valence-electron chi connectivity index (χ0n) is 12.2. The predicted molar refractivity (Wildman–Crippen MR) is 79.7 cm³/mol. The third-order valence-electron chi connectivity index (χ3n) is 5.16. The summed E-state index contributed by atoms with van der Waals surface area (Å²) in [7, 11) is -3.26. The zero-order chi connectivity index (χ0) is 14.1. The van der Waals surface area contributed by atoms with E-state index in [0.717, 1.165) is 32.2 Å². The minimum absolute atomic E-state index is 0.111. The summed E-state index contributed by atoms with van der Waals surface area (Å²) >= 11 is 0. The van der Waals surface area contributed by atoms with E-state index in [9.17, 15) is 8.42 Å². The fourth-order valence-corrected chi connectivity index (χ4v) is 5.59. The van der Waals surface area contributed by atoms with E-state index in [1.807, 2.05) is 0 Å². The lowest BCUT2D eigenvalue weighted by atomic mass is 9.75. The molecule has 20 heavy (non-hydrogen) atoms. The van der Waals surface area contributed by atoms with Gasteiger partial charge in [-0.25, -0.2) is 0 Å². The van der Waals surface area contributed by atoms with Crippen molar-refractivity contribution in [1.29, 1.82) is 0 Å². The second-order valence-electron chi connectivity index (χ2n) is 6.69. The van der Waals surface area contributed by atoms with Gasteiger partial charge >= 0.3 is 0 Å². The quantitative estimate of drug-likeness (QED) is 0.828. The maximum atomic E-state index is 12.4. The van der Waals surface area contributed by atoms with Crippen LogP contribution in [0.3, 0.4) is 0 Å². The van der Waals surface area contributed by atoms with E-state index >= 15 is 0 Å². The van der Waals surface area contributed by atoms with E-state index < -0.39 is 10.2 Å². The van der Waals surface area contributed by atoms with Crippen molar-refractivity contribution >= 4 is 10.2 Å². The van der Waals surface area contributed by atoms with Crippen molar-refractivity contribution in [3.05, 3.63) is 0 Å². The maximum absolute atomic E-state index is 12.4. The number of piperidine rings is 1. The molecular weight excluding hydrogens is 274 g/mol. The number of hydrogen-bond acceptors (Lipinski definition) is 3. The first-order valence-corrected chi connectivity index (χ1v) is 9.56. The molecule has 1 atom stereocenters. The molecule has 0 aromatic heterocycles. The molecule has 1 saturated carbocycles. The molecule has 0 aromatic rings. The lowest BCUT2D eigenvalue weighted by molar-refractivity contribution is 0.164. The first-order chi connectivity index (χ1) is 9.60. The fraction of sp³-hybridized carbons (Fsp3) is 1.00. The standard InChI is InChI=1S/C14H27N3O2S/c18-20(19,17-10-4-5-11-17)16-13-6-9-15-14(12-13)7-2-1-3-8-14/h13,15-16H,1-12H2. The first-order valence-electron chi connectivity index (χ1n) is 8.12. The van der Waals surface area contributed by atoms with Gasteiger partial charge in [-0.15, -0.1) is 0 Å². The number of nitrogens with one attached hydrogen (secondary N) is 2. The van der Waals surface area contributed by atoms with Gasteiger partial charge in [-0.1, -0.05) is 19.3 Å². The Kier molecular flexibility index (Phi) is 4.36. The van der Waals surface area contributed by atoms with Gasteiger partial charge in [-0.2, -0.15) is 17.4 Å². The van der Waals surface area contributed by atoms with E-state index in [0.29, 0.717) is 13.1 Å². The highest BCUT2D eigenvalue weighted by Gasteiger charge is 2.39. The number of nitrogens with zero attached hydrogens (tertiary/aromatic N) is 1. The minimum atomic E-state index is -3.26. The predicted octanol–water partition coefficient (Wildman–Crippen LogP) is 1.37. The molecular formula is C14H27N3O2S. The van der Waals surface area contributed by atoms with Gasteiger partial charge in [0.15, 0.2) is 0 Å². The van der Waals surface area contributed by atoms with Gasteiger partial charge in [0.25, 0.3) is 10.2 Å². The summed E-state index contributed by atoms with van der Waals surface area (Å²) in [5.41, 5.74) is 0.203. The van der Waals surface area contributed by atoms with Gasteiger partial charge < -0.3 is 5.32 Å². The van der Waals surface area contributed by atoms with Crippen molar-refractivity contribution in [1.82, 2.24) is 14.3 Å². The van der Waals surface area contributed by atoms with Crippen LogP contribution in [-0.2, 0) is 10.2 Å². The highest BCUT2D eigenvalue weighted by atomic mass is 32.2. The SMILES string of the molecule is O=S(=O)(NC1CCNC2(CCCCC2)C1)N1CCCC1. The van der Waals surface area contributed by atoms with Crippen LogP contribution in [0, 0.1) is 0 Å². The van der Waals surface area contributed by atoms with Crippen LogP contribution < -0.4 is 10.0 Å². The van der Waals surface area contributed by atoms with Crippen molar-refractivity contribution in [2.45, 2.75) is 69.4 Å². The maximum Gasteiger partial charge on any atom is 0.279 e. The summed E-state index contributed by atoms with van der Waals surface area (Å²) in [5, 5.41) is 3.67. The van der Waals surface area contributed by atoms with E-state index in [1.54, 1.807) is 4.31 Å². The molecule has 0 aromatic carbocycles. The molecule has 0 radical (unpaired) electrons. The van der Waals surface area contributed by atoms with Gasteiger partial charge in [-0.3, -0.25) is 0 Å². The van der Waals surface area contributed by atoms with Gasteiger partial charge in [-0.05, 0) is 45.1 Å². The summed E-state index contributed by atoms with van der Waals surface area (Å²) in [4.78, 5) is 0. The molecule has 5 nitrogen and oxygen atoms in total. The van der Waals surface area contributed by atoms with Crippen LogP contribution in [0.4, 0.5) is 0 Å².